The van der Waals surface area contributed by atoms with Gasteiger partial charge in [0.25, 0.3) is 5.91 Å². The molecule has 0 fully saturated rings. The van der Waals surface area contributed by atoms with Gasteiger partial charge >= 0.3 is 0 Å². The molecule has 1 amide bonds. The lowest BCUT2D eigenvalue weighted by atomic mass is 9.97. The molecule has 3 rings (SSSR count). The van der Waals surface area contributed by atoms with Gasteiger partial charge in [0.2, 0.25) is 0 Å². The van der Waals surface area contributed by atoms with E-state index < -0.39 is 0 Å². The molecule has 2 heterocycles. The first-order chi connectivity index (χ1) is 10.1. The van der Waals surface area contributed by atoms with Crippen LogP contribution in [0.5, 0.6) is 0 Å². The van der Waals surface area contributed by atoms with Crippen LogP contribution in [0, 0.1) is 0 Å². The van der Waals surface area contributed by atoms with Crippen molar-refractivity contribution >= 4 is 11.6 Å². The number of benzene rings is 1. The van der Waals surface area contributed by atoms with Crippen LogP contribution < -0.4 is 5.73 Å². The molecule has 1 aromatic carbocycles. The molecule has 0 aliphatic carbocycles. The van der Waals surface area contributed by atoms with Crippen LogP contribution in [0.1, 0.15) is 34.1 Å². The number of hydrogen-bond acceptors (Lipinski definition) is 3. The minimum atomic E-state index is 0.0499. The summed E-state index contributed by atoms with van der Waals surface area (Å²) in [5, 5.41) is 4.35. The Bertz CT molecular complexity index is 690. The Morgan fingerprint density at radius 3 is 3.00 bits per heavy atom. The lowest BCUT2D eigenvalue weighted by molar-refractivity contribution is 0.0734. The molecule has 0 bridgehead atoms. The second-order valence-electron chi connectivity index (χ2n) is 5.48. The van der Waals surface area contributed by atoms with Gasteiger partial charge in [-0.2, -0.15) is 5.10 Å². The highest BCUT2D eigenvalue weighted by atomic mass is 16.2. The number of aromatic nitrogens is 2. The van der Waals surface area contributed by atoms with Crippen LogP contribution in [0.2, 0.25) is 0 Å². The van der Waals surface area contributed by atoms with Gasteiger partial charge in [0.05, 0.1) is 11.3 Å². The van der Waals surface area contributed by atoms with Crippen LogP contribution in [-0.4, -0.2) is 27.1 Å². The molecular formula is C16H20N4O. The summed E-state index contributed by atoms with van der Waals surface area (Å²) in [7, 11) is 1.85. The quantitative estimate of drug-likeness (QED) is 0.855. The Hall–Kier alpha value is -2.30. The first kappa shape index (κ1) is 13.7. The Labute approximate surface area is 124 Å². The summed E-state index contributed by atoms with van der Waals surface area (Å²) in [6.45, 7) is 3.33. The number of carbonyl (C=O) groups excluding carboxylic acids is 1. The number of hydrogen-bond donors (Lipinski definition) is 1. The molecule has 110 valence electrons. The van der Waals surface area contributed by atoms with Crippen molar-refractivity contribution in [1.82, 2.24) is 14.7 Å². The second-order valence-corrected chi connectivity index (χ2v) is 5.48. The number of nitrogen functional groups attached to an aromatic ring is 1. The van der Waals surface area contributed by atoms with Gasteiger partial charge in [-0.15, -0.1) is 0 Å². The molecule has 0 unspecified atom stereocenters. The second kappa shape index (κ2) is 5.24. The largest absolute Gasteiger partial charge is 0.398 e. The van der Waals surface area contributed by atoms with Gasteiger partial charge in [0.15, 0.2) is 0 Å². The van der Waals surface area contributed by atoms with Crippen LogP contribution in [-0.2, 0) is 26.4 Å². The van der Waals surface area contributed by atoms with Gasteiger partial charge in [-0.3, -0.25) is 9.48 Å². The Kier molecular flexibility index (Phi) is 3.41. The Morgan fingerprint density at radius 1 is 1.43 bits per heavy atom. The average Bonchev–Trinajstić information content (AvgIpc) is 2.88. The maximum Gasteiger partial charge on any atom is 0.257 e. The fourth-order valence-corrected chi connectivity index (χ4v) is 2.92. The van der Waals surface area contributed by atoms with Crippen LogP contribution >= 0.6 is 0 Å². The van der Waals surface area contributed by atoms with Crippen molar-refractivity contribution in [1.29, 1.82) is 0 Å². The highest BCUT2D eigenvalue weighted by molar-refractivity contribution is 5.95. The molecule has 21 heavy (non-hydrogen) atoms. The zero-order valence-corrected chi connectivity index (χ0v) is 12.5. The smallest absolute Gasteiger partial charge is 0.257 e. The highest BCUT2D eigenvalue weighted by Crippen LogP contribution is 2.25. The third-order valence-electron chi connectivity index (χ3n) is 4.07. The summed E-state index contributed by atoms with van der Waals surface area (Å²) >= 11 is 0. The Balaban J connectivity index is 1.89. The van der Waals surface area contributed by atoms with E-state index in [2.05, 4.69) is 11.2 Å². The zero-order valence-electron chi connectivity index (χ0n) is 12.5. The minimum Gasteiger partial charge on any atom is -0.398 e. The van der Waals surface area contributed by atoms with Crippen molar-refractivity contribution in [2.75, 3.05) is 12.3 Å². The third-order valence-corrected chi connectivity index (χ3v) is 4.07. The average molecular weight is 284 g/mol. The summed E-state index contributed by atoms with van der Waals surface area (Å²) in [5.74, 6) is 0.0499. The fraction of sp³-hybridized carbons (Fsp3) is 0.375. The van der Waals surface area contributed by atoms with Gasteiger partial charge in [0, 0.05) is 32.0 Å². The molecule has 0 saturated heterocycles. The third kappa shape index (κ3) is 2.39. The van der Waals surface area contributed by atoms with E-state index in [1.165, 1.54) is 5.56 Å². The molecular weight excluding hydrogens is 264 g/mol. The molecule has 0 atom stereocenters. The normalized spacial score (nSPS) is 14.1. The predicted molar refractivity (Wildman–Crippen MR) is 81.9 cm³/mol. The van der Waals surface area contributed by atoms with Crippen molar-refractivity contribution < 1.29 is 4.79 Å². The topological polar surface area (TPSA) is 64.2 Å². The zero-order chi connectivity index (χ0) is 15.0. The van der Waals surface area contributed by atoms with Crippen molar-refractivity contribution in [2.24, 2.45) is 7.05 Å². The molecule has 1 aromatic heterocycles. The predicted octanol–water partition coefficient (Wildman–Crippen LogP) is 1.76. The van der Waals surface area contributed by atoms with E-state index in [1.54, 1.807) is 4.68 Å². The van der Waals surface area contributed by atoms with E-state index in [0.717, 1.165) is 36.3 Å². The van der Waals surface area contributed by atoms with E-state index in [9.17, 15) is 4.79 Å². The molecule has 0 saturated carbocycles. The number of nitrogens with zero attached hydrogens (tertiary/aromatic N) is 3. The van der Waals surface area contributed by atoms with Gasteiger partial charge in [-0.05, 0) is 30.0 Å². The monoisotopic (exact) mass is 284 g/mol. The number of amides is 1. The van der Waals surface area contributed by atoms with Gasteiger partial charge < -0.3 is 10.6 Å². The molecule has 1 aliphatic heterocycles. The van der Waals surface area contributed by atoms with E-state index in [-0.39, 0.29) is 5.91 Å². The van der Waals surface area contributed by atoms with Crippen LogP contribution in [0.4, 0.5) is 5.69 Å². The van der Waals surface area contributed by atoms with Gasteiger partial charge in [-0.1, -0.05) is 19.1 Å². The maximum absolute atomic E-state index is 12.7. The summed E-state index contributed by atoms with van der Waals surface area (Å²) in [5.41, 5.74) is 10.7. The van der Waals surface area contributed by atoms with Gasteiger partial charge in [-0.25, -0.2) is 0 Å². The SMILES string of the molecule is CCc1nn(C)cc1C(=O)N1CCc2cccc(N)c2C1. The molecule has 0 spiro atoms. The maximum atomic E-state index is 12.7. The van der Waals surface area contributed by atoms with Crippen molar-refractivity contribution in [2.45, 2.75) is 26.3 Å². The van der Waals surface area contributed by atoms with E-state index in [4.69, 9.17) is 5.73 Å². The minimum absolute atomic E-state index is 0.0499. The fourth-order valence-electron chi connectivity index (χ4n) is 2.92. The molecule has 1 aliphatic rings. The lowest BCUT2D eigenvalue weighted by Gasteiger charge is -2.29. The van der Waals surface area contributed by atoms with Crippen LogP contribution in [0.25, 0.3) is 0 Å². The molecule has 2 aromatic rings. The first-order valence-electron chi connectivity index (χ1n) is 7.28. The first-order valence-corrected chi connectivity index (χ1v) is 7.28. The summed E-state index contributed by atoms with van der Waals surface area (Å²) in [6, 6.07) is 5.96. The number of nitrogens with two attached hydrogens (primary N) is 1. The van der Waals surface area contributed by atoms with Crippen LogP contribution in [0.3, 0.4) is 0 Å². The molecule has 5 nitrogen and oxygen atoms in total. The van der Waals surface area contributed by atoms with Gasteiger partial charge in [0.1, 0.15) is 0 Å². The number of carbonyl (C=O) groups is 1. The van der Waals surface area contributed by atoms with E-state index in [1.807, 2.05) is 37.2 Å². The van der Waals surface area contributed by atoms with E-state index >= 15 is 0 Å². The Morgan fingerprint density at radius 2 is 2.24 bits per heavy atom. The number of aryl methyl sites for hydroxylation is 2. The van der Waals surface area contributed by atoms with Crippen molar-refractivity contribution in [3.05, 3.63) is 46.8 Å². The number of fused-ring (bicyclic) bond motifs is 1. The number of rotatable bonds is 2. The number of anilines is 1. The van der Waals surface area contributed by atoms with Crippen LogP contribution in [0.15, 0.2) is 24.4 Å². The van der Waals surface area contributed by atoms with Crippen molar-refractivity contribution in [3.63, 3.8) is 0 Å². The standard InChI is InChI=1S/C16H20N4O/c1-3-15-13(9-19(2)18-15)16(21)20-8-7-11-5-4-6-14(17)12(11)10-20/h4-6,9H,3,7-8,10,17H2,1-2H3. The van der Waals surface area contributed by atoms with E-state index in [0.29, 0.717) is 12.1 Å². The molecule has 0 radical (unpaired) electrons. The lowest BCUT2D eigenvalue weighted by Crippen LogP contribution is -2.36. The molecule has 5 heteroatoms. The summed E-state index contributed by atoms with van der Waals surface area (Å²) in [4.78, 5) is 14.6. The summed E-state index contributed by atoms with van der Waals surface area (Å²) < 4.78 is 1.71. The summed E-state index contributed by atoms with van der Waals surface area (Å²) in [6.07, 6.45) is 3.42. The highest BCUT2D eigenvalue weighted by Gasteiger charge is 2.25. The van der Waals surface area contributed by atoms with Crippen molar-refractivity contribution in [3.8, 4) is 0 Å². The molecule has 2 N–H and O–H groups in total.